The average Bonchev–Trinajstić information content (AvgIpc) is 2.56. The average molecular weight is 208 g/mol. The van der Waals surface area contributed by atoms with Crippen molar-refractivity contribution in [2.24, 2.45) is 7.05 Å². The maximum absolute atomic E-state index is 5.87. The summed E-state index contributed by atoms with van der Waals surface area (Å²) in [5.74, 6) is 0. The molecule has 0 radical (unpaired) electrons. The third-order valence-corrected chi connectivity index (χ3v) is 3.22. The Labute approximate surface area is 90.7 Å². The Morgan fingerprint density at radius 1 is 1.20 bits per heavy atom. The Morgan fingerprint density at radius 3 is 2.13 bits per heavy atom. The van der Waals surface area contributed by atoms with Crippen LogP contribution in [0.1, 0.15) is 27.7 Å². The van der Waals surface area contributed by atoms with E-state index in [1.165, 1.54) is 0 Å². The van der Waals surface area contributed by atoms with Gasteiger partial charge in [0.15, 0.2) is 0 Å². The smallest absolute Gasteiger partial charge is 0.398 e. The monoisotopic (exact) mass is 208 g/mol. The van der Waals surface area contributed by atoms with Gasteiger partial charge in [-0.05, 0) is 27.7 Å². The third-order valence-electron chi connectivity index (χ3n) is 3.22. The highest BCUT2D eigenvalue weighted by atomic mass is 16.7. The number of aromatic nitrogens is 2. The molecule has 0 spiro atoms. The van der Waals surface area contributed by atoms with Gasteiger partial charge in [0.25, 0.3) is 0 Å². The molecule has 0 aromatic carbocycles. The molecule has 0 amide bonds. The number of hydrogen-bond acceptors (Lipinski definition) is 3. The van der Waals surface area contributed by atoms with Crippen molar-refractivity contribution in [3.05, 3.63) is 12.5 Å². The molecule has 0 atom stereocenters. The van der Waals surface area contributed by atoms with Crippen LogP contribution in [0.2, 0.25) is 0 Å². The molecule has 1 saturated heterocycles. The van der Waals surface area contributed by atoms with E-state index in [1.54, 1.807) is 6.33 Å². The van der Waals surface area contributed by atoms with Crippen molar-refractivity contribution in [2.45, 2.75) is 38.9 Å². The fourth-order valence-corrected chi connectivity index (χ4v) is 1.52. The maximum atomic E-state index is 5.87. The highest BCUT2D eigenvalue weighted by Gasteiger charge is 2.52. The van der Waals surface area contributed by atoms with Crippen LogP contribution in [0, 0.1) is 0 Å². The summed E-state index contributed by atoms with van der Waals surface area (Å²) in [5, 5.41) is 0. The van der Waals surface area contributed by atoms with Gasteiger partial charge in [0, 0.05) is 13.2 Å². The number of aryl methyl sites for hydroxylation is 1. The van der Waals surface area contributed by atoms with Crippen molar-refractivity contribution >= 4 is 12.7 Å². The molecule has 1 aromatic rings. The number of hydrogen-bond donors (Lipinski definition) is 0. The predicted octanol–water partition coefficient (Wildman–Crippen LogP) is 0.719. The SMILES string of the molecule is Cn1cnc(B2OC(C)(C)C(C)(C)O2)c1. The fraction of sp³-hybridized carbons (Fsp3) is 0.700. The lowest BCUT2D eigenvalue weighted by atomic mass is 9.86. The summed E-state index contributed by atoms with van der Waals surface area (Å²) < 4.78 is 13.6. The van der Waals surface area contributed by atoms with Crippen LogP contribution >= 0.6 is 0 Å². The summed E-state index contributed by atoms with van der Waals surface area (Å²) in [5.41, 5.74) is 0.237. The predicted molar refractivity (Wildman–Crippen MR) is 58.9 cm³/mol. The normalized spacial score (nSPS) is 23.4. The van der Waals surface area contributed by atoms with Crippen LogP contribution < -0.4 is 5.59 Å². The molecule has 1 aliphatic rings. The van der Waals surface area contributed by atoms with E-state index in [1.807, 2.05) is 45.5 Å². The van der Waals surface area contributed by atoms with E-state index in [4.69, 9.17) is 9.31 Å². The van der Waals surface area contributed by atoms with E-state index in [0.29, 0.717) is 0 Å². The topological polar surface area (TPSA) is 36.3 Å². The van der Waals surface area contributed by atoms with Gasteiger partial charge in [-0.2, -0.15) is 0 Å². The minimum atomic E-state index is -0.351. The van der Waals surface area contributed by atoms with Gasteiger partial charge in [-0.15, -0.1) is 0 Å². The molecule has 0 bridgehead atoms. The Bertz CT molecular complexity index is 357. The summed E-state index contributed by atoms with van der Waals surface area (Å²) in [6.07, 6.45) is 3.67. The summed E-state index contributed by atoms with van der Waals surface area (Å²) in [6, 6.07) is 0. The molecule has 82 valence electrons. The van der Waals surface area contributed by atoms with Gasteiger partial charge in [0.2, 0.25) is 0 Å². The first-order valence-corrected chi connectivity index (χ1v) is 5.15. The first kappa shape index (κ1) is 10.7. The zero-order chi connectivity index (χ0) is 11.3. The van der Waals surface area contributed by atoms with E-state index in [0.717, 1.165) is 5.59 Å². The second kappa shape index (κ2) is 3.09. The summed E-state index contributed by atoms with van der Waals surface area (Å²) >= 11 is 0. The molecule has 1 aromatic heterocycles. The molecule has 0 N–H and O–H groups in total. The van der Waals surface area contributed by atoms with Crippen LogP contribution in [-0.2, 0) is 16.4 Å². The van der Waals surface area contributed by atoms with Crippen LogP contribution in [0.4, 0.5) is 0 Å². The van der Waals surface area contributed by atoms with E-state index in [2.05, 4.69) is 4.98 Å². The Balaban J connectivity index is 2.23. The Kier molecular flexibility index (Phi) is 2.21. The molecule has 2 heterocycles. The highest BCUT2D eigenvalue weighted by Crippen LogP contribution is 2.36. The number of nitrogens with zero attached hydrogens (tertiary/aromatic N) is 2. The van der Waals surface area contributed by atoms with Gasteiger partial charge < -0.3 is 13.9 Å². The van der Waals surface area contributed by atoms with Gasteiger partial charge in [0.1, 0.15) is 0 Å². The van der Waals surface area contributed by atoms with Crippen LogP contribution in [0.15, 0.2) is 12.5 Å². The highest BCUT2D eigenvalue weighted by molar-refractivity contribution is 6.61. The quantitative estimate of drug-likeness (QED) is 0.638. The Morgan fingerprint density at radius 2 is 1.73 bits per heavy atom. The van der Waals surface area contributed by atoms with Crippen molar-refractivity contribution in [1.29, 1.82) is 0 Å². The summed E-state index contributed by atoms with van der Waals surface area (Å²) in [4.78, 5) is 4.24. The molecule has 0 unspecified atom stereocenters. The minimum Gasteiger partial charge on any atom is -0.398 e. The lowest BCUT2D eigenvalue weighted by molar-refractivity contribution is 0.00578. The Hall–Kier alpha value is -0.805. The van der Waals surface area contributed by atoms with Gasteiger partial charge >= 0.3 is 7.12 Å². The zero-order valence-corrected chi connectivity index (χ0v) is 9.94. The molecule has 2 rings (SSSR count). The number of imidazole rings is 1. The molecule has 0 saturated carbocycles. The van der Waals surface area contributed by atoms with Gasteiger partial charge in [-0.25, -0.2) is 4.98 Å². The summed E-state index contributed by atoms with van der Waals surface area (Å²) in [7, 11) is 1.58. The second-order valence-electron chi connectivity index (χ2n) is 5.05. The van der Waals surface area contributed by atoms with Crippen molar-refractivity contribution in [3.8, 4) is 0 Å². The molecule has 4 nitrogen and oxygen atoms in total. The maximum Gasteiger partial charge on any atom is 0.516 e. The van der Waals surface area contributed by atoms with Crippen molar-refractivity contribution < 1.29 is 9.31 Å². The molecule has 15 heavy (non-hydrogen) atoms. The molecule has 1 fully saturated rings. The standard InChI is InChI=1S/C10H17BN2O2/c1-9(2)10(3,4)15-11(14-9)8-6-13(5)7-12-8/h6-7H,1-5H3. The van der Waals surface area contributed by atoms with E-state index in [9.17, 15) is 0 Å². The second-order valence-corrected chi connectivity index (χ2v) is 5.05. The van der Waals surface area contributed by atoms with E-state index < -0.39 is 0 Å². The van der Waals surface area contributed by atoms with E-state index >= 15 is 0 Å². The largest absolute Gasteiger partial charge is 0.516 e. The van der Waals surface area contributed by atoms with Crippen molar-refractivity contribution in [3.63, 3.8) is 0 Å². The summed E-state index contributed by atoms with van der Waals surface area (Å²) in [6.45, 7) is 8.15. The lowest BCUT2D eigenvalue weighted by Crippen LogP contribution is -2.41. The molecule has 0 aliphatic carbocycles. The van der Waals surface area contributed by atoms with Crippen molar-refractivity contribution in [1.82, 2.24) is 9.55 Å². The van der Waals surface area contributed by atoms with Crippen molar-refractivity contribution in [2.75, 3.05) is 0 Å². The van der Waals surface area contributed by atoms with Gasteiger partial charge in [-0.3, -0.25) is 0 Å². The van der Waals surface area contributed by atoms with Crippen LogP contribution in [-0.4, -0.2) is 27.9 Å². The third kappa shape index (κ3) is 1.70. The first-order chi connectivity index (χ1) is 6.82. The van der Waals surface area contributed by atoms with Crippen LogP contribution in [0.3, 0.4) is 0 Å². The van der Waals surface area contributed by atoms with Gasteiger partial charge in [0.05, 0.1) is 23.1 Å². The fourth-order valence-electron chi connectivity index (χ4n) is 1.52. The minimum absolute atomic E-state index is 0.296. The number of rotatable bonds is 1. The lowest BCUT2D eigenvalue weighted by Gasteiger charge is -2.32. The van der Waals surface area contributed by atoms with E-state index in [-0.39, 0.29) is 18.3 Å². The molecule has 1 aliphatic heterocycles. The van der Waals surface area contributed by atoms with Crippen LogP contribution in [0.5, 0.6) is 0 Å². The van der Waals surface area contributed by atoms with Gasteiger partial charge in [-0.1, -0.05) is 0 Å². The molecule has 5 heteroatoms. The first-order valence-electron chi connectivity index (χ1n) is 5.15. The molecular formula is C10H17BN2O2. The van der Waals surface area contributed by atoms with Crippen LogP contribution in [0.25, 0.3) is 0 Å². The molecular weight excluding hydrogens is 191 g/mol. The zero-order valence-electron chi connectivity index (χ0n) is 9.94.